The molecule has 78 valence electrons. The third-order valence-electron chi connectivity index (χ3n) is 2.03. The standard InChI is InChI=1S/C10H7ClF2N2/c1-15-10(11)5-9(14-15)7-3-2-6(12)4-8(7)13/h2-5H,1H3. The molecule has 0 aliphatic carbocycles. The van der Waals surface area contributed by atoms with Crippen LogP contribution in [0.2, 0.25) is 5.15 Å². The Bertz CT molecular complexity index is 489. The number of benzene rings is 1. The molecule has 1 heterocycles. The predicted molar refractivity (Wildman–Crippen MR) is 53.6 cm³/mol. The summed E-state index contributed by atoms with van der Waals surface area (Å²) < 4.78 is 27.4. The summed E-state index contributed by atoms with van der Waals surface area (Å²) in [6, 6.07) is 4.86. The first kappa shape index (κ1) is 10.1. The zero-order chi connectivity index (χ0) is 11.0. The van der Waals surface area contributed by atoms with E-state index >= 15 is 0 Å². The molecule has 2 nitrogen and oxygen atoms in total. The van der Waals surface area contributed by atoms with Gasteiger partial charge in [0.1, 0.15) is 16.8 Å². The van der Waals surface area contributed by atoms with Crippen molar-refractivity contribution in [2.45, 2.75) is 0 Å². The highest BCUT2D eigenvalue weighted by Gasteiger charge is 2.10. The second-order valence-electron chi connectivity index (χ2n) is 3.10. The first-order valence-electron chi connectivity index (χ1n) is 4.23. The third kappa shape index (κ3) is 1.85. The van der Waals surface area contributed by atoms with Gasteiger partial charge in [-0.25, -0.2) is 8.78 Å². The van der Waals surface area contributed by atoms with Crippen LogP contribution in [-0.4, -0.2) is 9.78 Å². The van der Waals surface area contributed by atoms with Gasteiger partial charge in [0.15, 0.2) is 0 Å². The van der Waals surface area contributed by atoms with Gasteiger partial charge in [0.25, 0.3) is 0 Å². The summed E-state index contributed by atoms with van der Waals surface area (Å²) in [5.74, 6) is -1.26. The summed E-state index contributed by atoms with van der Waals surface area (Å²) in [5, 5.41) is 4.39. The van der Waals surface area contributed by atoms with Gasteiger partial charge in [-0.15, -0.1) is 0 Å². The number of rotatable bonds is 1. The summed E-state index contributed by atoms with van der Waals surface area (Å²) in [4.78, 5) is 0. The van der Waals surface area contributed by atoms with Crippen molar-refractivity contribution >= 4 is 11.6 Å². The van der Waals surface area contributed by atoms with Crippen LogP contribution in [0.1, 0.15) is 0 Å². The summed E-state index contributed by atoms with van der Waals surface area (Å²) in [6.07, 6.45) is 0. The Morgan fingerprint density at radius 3 is 2.53 bits per heavy atom. The van der Waals surface area contributed by atoms with Crippen molar-refractivity contribution in [3.05, 3.63) is 41.1 Å². The van der Waals surface area contributed by atoms with Crippen molar-refractivity contribution < 1.29 is 8.78 Å². The number of hydrogen-bond acceptors (Lipinski definition) is 1. The Morgan fingerprint density at radius 1 is 1.27 bits per heavy atom. The molecule has 0 saturated heterocycles. The summed E-state index contributed by atoms with van der Waals surface area (Å²) in [7, 11) is 1.65. The van der Waals surface area contributed by atoms with Crippen LogP contribution >= 0.6 is 11.6 Å². The van der Waals surface area contributed by atoms with Gasteiger partial charge in [0, 0.05) is 24.7 Å². The molecule has 1 aromatic carbocycles. The highest BCUT2D eigenvalue weighted by atomic mass is 35.5. The number of aryl methyl sites for hydroxylation is 1. The number of halogens is 3. The molecule has 0 saturated carbocycles. The Balaban J connectivity index is 2.54. The topological polar surface area (TPSA) is 17.8 Å². The van der Waals surface area contributed by atoms with Crippen LogP contribution in [0.15, 0.2) is 24.3 Å². The van der Waals surface area contributed by atoms with Crippen molar-refractivity contribution in [3.8, 4) is 11.3 Å². The van der Waals surface area contributed by atoms with Crippen LogP contribution in [0.4, 0.5) is 8.78 Å². The second-order valence-corrected chi connectivity index (χ2v) is 3.49. The highest BCUT2D eigenvalue weighted by Crippen LogP contribution is 2.24. The summed E-state index contributed by atoms with van der Waals surface area (Å²) in [5.41, 5.74) is 0.624. The molecule has 1 aromatic heterocycles. The van der Waals surface area contributed by atoms with E-state index < -0.39 is 11.6 Å². The van der Waals surface area contributed by atoms with Gasteiger partial charge in [-0.1, -0.05) is 11.6 Å². The first-order valence-corrected chi connectivity index (χ1v) is 4.60. The van der Waals surface area contributed by atoms with Crippen molar-refractivity contribution in [1.82, 2.24) is 9.78 Å². The molecule has 0 aliphatic heterocycles. The van der Waals surface area contributed by atoms with Crippen LogP contribution in [0.3, 0.4) is 0 Å². The lowest BCUT2D eigenvalue weighted by molar-refractivity contribution is 0.585. The average Bonchev–Trinajstić information content (AvgIpc) is 2.46. The van der Waals surface area contributed by atoms with Gasteiger partial charge in [0.05, 0.1) is 5.69 Å². The fraction of sp³-hybridized carbons (Fsp3) is 0.100. The summed E-state index contributed by atoms with van der Waals surface area (Å²) >= 11 is 5.77. The molecular formula is C10H7ClF2N2. The average molecular weight is 229 g/mol. The van der Waals surface area contributed by atoms with E-state index in [2.05, 4.69) is 5.10 Å². The molecule has 0 unspecified atom stereocenters. The lowest BCUT2D eigenvalue weighted by Crippen LogP contribution is -1.91. The van der Waals surface area contributed by atoms with Crippen molar-refractivity contribution in [2.75, 3.05) is 0 Å². The maximum atomic E-state index is 13.3. The van der Waals surface area contributed by atoms with Crippen molar-refractivity contribution in [2.24, 2.45) is 7.05 Å². The molecule has 2 rings (SSSR count). The van der Waals surface area contributed by atoms with Gasteiger partial charge in [-0.2, -0.15) is 5.10 Å². The van der Waals surface area contributed by atoms with Gasteiger partial charge in [0.2, 0.25) is 0 Å². The molecule has 0 fully saturated rings. The summed E-state index contributed by atoms with van der Waals surface area (Å²) in [6.45, 7) is 0. The largest absolute Gasteiger partial charge is 0.256 e. The van der Waals surface area contributed by atoms with Gasteiger partial charge in [-0.3, -0.25) is 4.68 Å². The predicted octanol–water partition coefficient (Wildman–Crippen LogP) is 3.02. The molecular weight excluding hydrogens is 222 g/mol. The Labute approximate surface area is 90.1 Å². The zero-order valence-electron chi connectivity index (χ0n) is 7.84. The van der Waals surface area contributed by atoms with Crippen LogP contribution in [0.25, 0.3) is 11.3 Å². The number of hydrogen-bond donors (Lipinski definition) is 0. The quantitative estimate of drug-likeness (QED) is 0.734. The van der Waals surface area contributed by atoms with E-state index in [1.807, 2.05) is 0 Å². The second kappa shape index (κ2) is 3.62. The first-order chi connectivity index (χ1) is 7.08. The van der Waals surface area contributed by atoms with Crippen LogP contribution in [0, 0.1) is 11.6 Å². The van der Waals surface area contributed by atoms with E-state index in [-0.39, 0.29) is 5.56 Å². The molecule has 2 aromatic rings. The minimum absolute atomic E-state index is 0.235. The molecule has 0 amide bonds. The lowest BCUT2D eigenvalue weighted by atomic mass is 10.1. The lowest BCUT2D eigenvalue weighted by Gasteiger charge is -1.98. The maximum Gasteiger partial charge on any atom is 0.135 e. The molecule has 0 N–H and O–H groups in total. The van der Waals surface area contributed by atoms with Crippen LogP contribution in [0.5, 0.6) is 0 Å². The zero-order valence-corrected chi connectivity index (χ0v) is 8.59. The Kier molecular flexibility index (Phi) is 2.44. The molecule has 0 radical (unpaired) electrons. The van der Waals surface area contributed by atoms with Crippen molar-refractivity contribution in [1.29, 1.82) is 0 Å². The van der Waals surface area contributed by atoms with Gasteiger partial charge < -0.3 is 0 Å². The molecule has 0 bridgehead atoms. The minimum Gasteiger partial charge on any atom is -0.256 e. The Morgan fingerprint density at radius 2 is 2.00 bits per heavy atom. The molecule has 0 spiro atoms. The monoisotopic (exact) mass is 228 g/mol. The SMILES string of the molecule is Cn1nc(-c2ccc(F)cc2F)cc1Cl. The van der Waals surface area contributed by atoms with E-state index in [9.17, 15) is 8.78 Å². The molecule has 0 atom stereocenters. The van der Waals surface area contributed by atoms with E-state index in [0.29, 0.717) is 10.8 Å². The molecule has 0 aliphatic rings. The van der Waals surface area contributed by atoms with Gasteiger partial charge in [-0.05, 0) is 12.1 Å². The van der Waals surface area contributed by atoms with E-state index in [0.717, 1.165) is 6.07 Å². The normalized spacial score (nSPS) is 10.7. The van der Waals surface area contributed by atoms with Crippen molar-refractivity contribution in [3.63, 3.8) is 0 Å². The fourth-order valence-electron chi connectivity index (χ4n) is 1.27. The van der Waals surface area contributed by atoms with Crippen LogP contribution in [-0.2, 0) is 7.05 Å². The minimum atomic E-state index is -0.648. The van der Waals surface area contributed by atoms with Crippen LogP contribution < -0.4 is 0 Å². The molecule has 5 heteroatoms. The highest BCUT2D eigenvalue weighted by molar-refractivity contribution is 6.29. The fourth-order valence-corrected chi connectivity index (χ4v) is 1.41. The number of nitrogens with zero attached hydrogens (tertiary/aromatic N) is 2. The van der Waals surface area contributed by atoms with E-state index in [1.165, 1.54) is 22.9 Å². The van der Waals surface area contributed by atoms with E-state index in [1.54, 1.807) is 7.05 Å². The van der Waals surface area contributed by atoms with E-state index in [4.69, 9.17) is 11.6 Å². The molecule has 15 heavy (non-hydrogen) atoms. The number of aromatic nitrogens is 2. The maximum absolute atomic E-state index is 13.3. The van der Waals surface area contributed by atoms with Gasteiger partial charge >= 0.3 is 0 Å². The Hall–Kier alpha value is -1.42. The third-order valence-corrected chi connectivity index (χ3v) is 2.38. The smallest absolute Gasteiger partial charge is 0.135 e.